The molecule has 0 saturated heterocycles. The van der Waals surface area contributed by atoms with Crippen molar-refractivity contribution in [2.75, 3.05) is 6.61 Å². The lowest BCUT2D eigenvalue weighted by molar-refractivity contribution is -0.149. The fourth-order valence-corrected chi connectivity index (χ4v) is 3.47. The first-order chi connectivity index (χ1) is 15.1. The Morgan fingerprint density at radius 1 is 1.16 bits per heavy atom. The van der Waals surface area contributed by atoms with Gasteiger partial charge in [-0.1, -0.05) is 70.1 Å². The summed E-state index contributed by atoms with van der Waals surface area (Å²) in [4.78, 5) is 18.2. The molecule has 3 unspecified atom stereocenters. The summed E-state index contributed by atoms with van der Waals surface area (Å²) in [5, 5.41) is 13.7. The maximum Gasteiger partial charge on any atom is 0.311 e. The molecule has 3 atom stereocenters. The molecule has 1 fully saturated rings. The van der Waals surface area contributed by atoms with Gasteiger partial charge in [-0.3, -0.25) is 4.79 Å². The lowest BCUT2D eigenvalue weighted by atomic mass is 9.99. The van der Waals surface area contributed by atoms with Crippen LogP contribution in [0.15, 0.2) is 59.8 Å². The number of carbonyl (C=O) groups excluding carboxylic acids is 1. The van der Waals surface area contributed by atoms with E-state index in [1.807, 2.05) is 44.2 Å². The largest absolute Gasteiger partial charge is 0.457 e. The summed E-state index contributed by atoms with van der Waals surface area (Å²) < 4.78 is 11.4. The minimum atomic E-state index is -1.02. The van der Waals surface area contributed by atoms with Crippen LogP contribution in [-0.2, 0) is 14.4 Å². The van der Waals surface area contributed by atoms with Crippen LogP contribution in [0.5, 0.6) is 11.5 Å². The van der Waals surface area contributed by atoms with Gasteiger partial charge in [0.25, 0.3) is 0 Å². The number of rotatable bonds is 8. The number of para-hydroxylation sites is 1. The number of benzene rings is 2. The van der Waals surface area contributed by atoms with Crippen molar-refractivity contribution in [1.29, 1.82) is 5.26 Å². The molecule has 1 aliphatic carbocycles. The zero-order valence-corrected chi connectivity index (χ0v) is 19.2. The first-order valence-electron chi connectivity index (χ1n) is 10.7. The summed E-state index contributed by atoms with van der Waals surface area (Å²) >= 11 is 0. The molecule has 0 N–H and O–H groups in total. The van der Waals surface area contributed by atoms with Gasteiger partial charge < -0.3 is 14.3 Å². The molecular weight excluding hydrogens is 404 g/mol. The lowest BCUT2D eigenvalue weighted by Gasteiger charge is -2.15. The highest BCUT2D eigenvalue weighted by Crippen LogP contribution is 2.58. The van der Waals surface area contributed by atoms with Gasteiger partial charge in [0.2, 0.25) is 6.10 Å². The predicted molar refractivity (Wildman–Crippen MR) is 122 cm³/mol. The first-order valence-corrected chi connectivity index (χ1v) is 10.7. The Morgan fingerprint density at radius 3 is 2.50 bits per heavy atom. The van der Waals surface area contributed by atoms with E-state index in [1.54, 1.807) is 30.5 Å². The first kappa shape index (κ1) is 23.3. The fraction of sp³-hybridized carbons (Fsp3) is 0.423. The molecule has 6 heteroatoms. The molecule has 0 amide bonds. The molecule has 2 aromatic rings. The Labute approximate surface area is 189 Å². The maximum absolute atomic E-state index is 12.8. The molecule has 0 bridgehead atoms. The van der Waals surface area contributed by atoms with Crippen LogP contribution in [0.1, 0.15) is 46.3 Å². The van der Waals surface area contributed by atoms with Crippen molar-refractivity contribution in [3.63, 3.8) is 0 Å². The smallest absolute Gasteiger partial charge is 0.311 e. The van der Waals surface area contributed by atoms with Crippen molar-refractivity contribution < 1.29 is 19.1 Å². The highest BCUT2D eigenvalue weighted by molar-refractivity contribution is 5.85. The van der Waals surface area contributed by atoms with Gasteiger partial charge in [0.15, 0.2) is 0 Å². The molecule has 1 saturated carbocycles. The van der Waals surface area contributed by atoms with E-state index in [2.05, 4.69) is 32.0 Å². The van der Waals surface area contributed by atoms with Gasteiger partial charge in [0.05, 0.1) is 5.92 Å². The van der Waals surface area contributed by atoms with Crippen LogP contribution in [0, 0.1) is 34.0 Å². The normalized spacial score (nSPS) is 20.2. The number of nitriles is 1. The summed E-state index contributed by atoms with van der Waals surface area (Å²) in [6.07, 6.45) is 0.654. The van der Waals surface area contributed by atoms with Crippen molar-refractivity contribution in [2.24, 2.45) is 27.8 Å². The molecule has 0 spiro atoms. The zero-order chi connectivity index (χ0) is 23.4. The number of ether oxygens (including phenoxy) is 2. The Kier molecular flexibility index (Phi) is 6.88. The number of oxime groups is 1. The second-order valence-corrected chi connectivity index (χ2v) is 9.85. The molecule has 0 radical (unpaired) electrons. The van der Waals surface area contributed by atoms with Crippen molar-refractivity contribution in [1.82, 2.24) is 0 Å². The predicted octanol–water partition coefficient (Wildman–Crippen LogP) is 5.91. The van der Waals surface area contributed by atoms with Gasteiger partial charge in [-0.2, -0.15) is 5.26 Å². The highest BCUT2D eigenvalue weighted by Gasteiger charge is 2.62. The summed E-state index contributed by atoms with van der Waals surface area (Å²) in [5.41, 5.74) is 0.267. The Hall–Kier alpha value is -3.33. The minimum Gasteiger partial charge on any atom is -0.457 e. The molecule has 32 heavy (non-hydrogen) atoms. The highest BCUT2D eigenvalue weighted by atomic mass is 16.6. The average molecular weight is 435 g/mol. The third-order valence-electron chi connectivity index (χ3n) is 5.45. The van der Waals surface area contributed by atoms with Crippen LogP contribution in [0.4, 0.5) is 0 Å². The number of esters is 1. The standard InChI is InChI=1S/C26H30N2O4/c1-25(2,3)17-30-28-16-21-23(26(21,4)5)24(29)32-22(15-27)18-10-9-13-20(14-18)31-19-11-7-6-8-12-19/h6-14,16,21-23H,17H2,1-5H3/b28-16+. The van der Waals surface area contributed by atoms with Gasteiger partial charge in [0.1, 0.15) is 24.2 Å². The van der Waals surface area contributed by atoms with E-state index in [0.717, 1.165) is 0 Å². The maximum atomic E-state index is 12.8. The van der Waals surface area contributed by atoms with Crippen LogP contribution in [0.25, 0.3) is 0 Å². The van der Waals surface area contributed by atoms with E-state index >= 15 is 0 Å². The topological polar surface area (TPSA) is 80.9 Å². The Morgan fingerprint density at radius 2 is 1.84 bits per heavy atom. The second-order valence-electron chi connectivity index (χ2n) is 9.85. The van der Waals surface area contributed by atoms with Gasteiger partial charge in [-0.15, -0.1) is 0 Å². The average Bonchev–Trinajstić information content (AvgIpc) is 3.30. The number of hydrogen-bond acceptors (Lipinski definition) is 6. The number of nitrogens with zero attached hydrogens (tertiary/aromatic N) is 2. The van der Waals surface area contributed by atoms with Gasteiger partial charge in [0, 0.05) is 17.7 Å². The third-order valence-corrected chi connectivity index (χ3v) is 5.45. The molecule has 0 aliphatic heterocycles. The molecule has 0 heterocycles. The van der Waals surface area contributed by atoms with Crippen LogP contribution >= 0.6 is 0 Å². The molecule has 3 rings (SSSR count). The van der Waals surface area contributed by atoms with Gasteiger partial charge >= 0.3 is 5.97 Å². The summed E-state index contributed by atoms with van der Waals surface area (Å²) in [6, 6.07) is 18.5. The van der Waals surface area contributed by atoms with E-state index in [4.69, 9.17) is 14.3 Å². The Balaban J connectivity index is 1.63. The van der Waals surface area contributed by atoms with Crippen LogP contribution in [0.3, 0.4) is 0 Å². The number of hydrogen-bond donors (Lipinski definition) is 0. The van der Waals surface area contributed by atoms with Crippen LogP contribution < -0.4 is 4.74 Å². The monoisotopic (exact) mass is 434 g/mol. The zero-order valence-electron chi connectivity index (χ0n) is 19.2. The summed E-state index contributed by atoms with van der Waals surface area (Å²) in [5.74, 6) is 0.373. The Bertz CT molecular complexity index is 1000. The quantitative estimate of drug-likeness (QED) is 0.293. The minimum absolute atomic E-state index is 0.00746. The number of carbonyl (C=O) groups is 1. The molecule has 168 valence electrons. The summed E-state index contributed by atoms with van der Waals surface area (Å²) in [6.45, 7) is 10.6. The molecule has 0 aromatic heterocycles. The van der Waals surface area contributed by atoms with Crippen molar-refractivity contribution in [3.05, 3.63) is 60.2 Å². The SMILES string of the molecule is CC(C)(C)CO/N=C/C1C(C(=O)OC(C#N)c2cccc(Oc3ccccc3)c2)C1(C)C. The van der Waals surface area contributed by atoms with Crippen molar-refractivity contribution >= 4 is 12.2 Å². The van der Waals surface area contributed by atoms with Crippen LogP contribution in [-0.4, -0.2) is 18.8 Å². The van der Waals surface area contributed by atoms with E-state index < -0.39 is 12.1 Å². The molecule has 1 aliphatic rings. The van der Waals surface area contributed by atoms with Crippen molar-refractivity contribution in [2.45, 2.75) is 40.7 Å². The summed E-state index contributed by atoms with van der Waals surface area (Å²) in [7, 11) is 0. The molecule has 2 aromatic carbocycles. The lowest BCUT2D eigenvalue weighted by Crippen LogP contribution is -2.15. The molecule has 6 nitrogen and oxygen atoms in total. The fourth-order valence-electron chi connectivity index (χ4n) is 3.47. The van der Waals surface area contributed by atoms with Crippen molar-refractivity contribution in [3.8, 4) is 17.6 Å². The molecular formula is C26H30N2O4. The second kappa shape index (κ2) is 9.44. The van der Waals surface area contributed by atoms with E-state index in [1.165, 1.54) is 0 Å². The van der Waals surface area contributed by atoms with E-state index in [9.17, 15) is 10.1 Å². The van der Waals surface area contributed by atoms with E-state index in [-0.39, 0.29) is 22.7 Å². The van der Waals surface area contributed by atoms with Crippen LogP contribution in [0.2, 0.25) is 0 Å². The third kappa shape index (κ3) is 5.88. The van der Waals surface area contributed by atoms with E-state index in [0.29, 0.717) is 23.7 Å². The van der Waals surface area contributed by atoms with Gasteiger partial charge in [-0.25, -0.2) is 0 Å². The van der Waals surface area contributed by atoms with Gasteiger partial charge in [-0.05, 0) is 35.1 Å².